The molecule has 0 unspecified atom stereocenters. The Hall–Kier alpha value is -1.53. The average molecular weight is 340 g/mol. The molecule has 2 aromatic rings. The molecule has 1 N–H and O–H groups in total. The fraction of sp³-hybridized carbons (Fsp3) is 0.400. The van der Waals surface area contributed by atoms with Gasteiger partial charge in [-0.05, 0) is 24.1 Å². The summed E-state index contributed by atoms with van der Waals surface area (Å²) < 4.78 is 5.43. The second-order valence-electron chi connectivity index (χ2n) is 5.08. The van der Waals surface area contributed by atoms with Gasteiger partial charge in [-0.15, -0.1) is 10.2 Å². The van der Waals surface area contributed by atoms with Crippen LogP contribution in [0.2, 0.25) is 5.02 Å². The van der Waals surface area contributed by atoms with Gasteiger partial charge < -0.3 is 9.73 Å². The molecule has 5 nitrogen and oxygen atoms in total. The summed E-state index contributed by atoms with van der Waals surface area (Å²) in [5.41, 5.74) is 1.10. The Morgan fingerprint density at radius 3 is 2.91 bits per heavy atom. The Kier molecular flexibility index (Phi) is 6.27. The van der Waals surface area contributed by atoms with E-state index in [4.69, 9.17) is 16.0 Å². The molecule has 0 spiro atoms. The fourth-order valence-electron chi connectivity index (χ4n) is 1.73. The van der Waals surface area contributed by atoms with Crippen LogP contribution in [0.5, 0.6) is 0 Å². The van der Waals surface area contributed by atoms with Crippen molar-refractivity contribution in [2.24, 2.45) is 0 Å². The van der Waals surface area contributed by atoms with E-state index in [1.807, 2.05) is 38.1 Å². The zero-order chi connectivity index (χ0) is 15.9. The van der Waals surface area contributed by atoms with Gasteiger partial charge in [0, 0.05) is 17.5 Å². The van der Waals surface area contributed by atoms with Gasteiger partial charge in [0.1, 0.15) is 0 Å². The van der Waals surface area contributed by atoms with Gasteiger partial charge in [0.2, 0.25) is 11.8 Å². The molecule has 0 bridgehead atoms. The lowest BCUT2D eigenvalue weighted by molar-refractivity contribution is -0.118. The van der Waals surface area contributed by atoms with E-state index >= 15 is 0 Å². The summed E-state index contributed by atoms with van der Waals surface area (Å²) in [5.74, 6) is 0.975. The first-order valence-corrected chi connectivity index (χ1v) is 8.38. The van der Waals surface area contributed by atoms with Gasteiger partial charge in [0.15, 0.2) is 0 Å². The summed E-state index contributed by atoms with van der Waals surface area (Å²) in [6, 6.07) is 7.61. The van der Waals surface area contributed by atoms with Crippen LogP contribution < -0.4 is 5.32 Å². The summed E-state index contributed by atoms with van der Waals surface area (Å²) in [4.78, 5) is 11.8. The molecule has 0 aliphatic rings. The number of thioether (sulfide) groups is 1. The highest BCUT2D eigenvalue weighted by atomic mass is 35.5. The third kappa shape index (κ3) is 5.35. The molecule has 0 aliphatic carbocycles. The van der Waals surface area contributed by atoms with Crippen LogP contribution >= 0.6 is 23.4 Å². The number of hydrogen-bond donors (Lipinski definition) is 1. The third-order valence-corrected chi connectivity index (χ3v) is 3.92. The van der Waals surface area contributed by atoms with Crippen molar-refractivity contribution < 1.29 is 9.21 Å². The van der Waals surface area contributed by atoms with E-state index in [-0.39, 0.29) is 17.6 Å². The van der Waals surface area contributed by atoms with Crippen LogP contribution in [0.1, 0.15) is 31.2 Å². The van der Waals surface area contributed by atoms with Crippen molar-refractivity contribution in [1.29, 1.82) is 0 Å². The highest BCUT2D eigenvalue weighted by Gasteiger charge is 2.11. The quantitative estimate of drug-likeness (QED) is 0.784. The number of amides is 1. The van der Waals surface area contributed by atoms with E-state index in [1.54, 1.807) is 0 Å². The number of aromatic nitrogens is 2. The predicted molar refractivity (Wildman–Crippen MR) is 87.3 cm³/mol. The number of carbonyl (C=O) groups excluding carboxylic acids is 1. The molecule has 0 saturated heterocycles. The van der Waals surface area contributed by atoms with E-state index in [2.05, 4.69) is 15.5 Å². The molecule has 1 aromatic carbocycles. The van der Waals surface area contributed by atoms with E-state index in [9.17, 15) is 4.79 Å². The second kappa shape index (κ2) is 8.19. The van der Waals surface area contributed by atoms with Gasteiger partial charge in [-0.1, -0.05) is 49.3 Å². The molecular formula is C15H18ClN3O2S. The lowest BCUT2D eigenvalue weighted by atomic mass is 10.1. The van der Waals surface area contributed by atoms with Gasteiger partial charge in [-0.3, -0.25) is 4.79 Å². The molecule has 0 aliphatic heterocycles. The van der Waals surface area contributed by atoms with Crippen molar-refractivity contribution in [1.82, 2.24) is 15.5 Å². The number of carbonyl (C=O) groups is 1. The van der Waals surface area contributed by atoms with Crippen LogP contribution in [0.3, 0.4) is 0 Å². The molecule has 1 aromatic heterocycles. The summed E-state index contributed by atoms with van der Waals surface area (Å²) in [5, 5.41) is 11.8. The average Bonchev–Trinajstić information content (AvgIpc) is 2.94. The Morgan fingerprint density at radius 1 is 1.41 bits per heavy atom. The zero-order valence-electron chi connectivity index (χ0n) is 12.5. The normalized spacial score (nSPS) is 10.9. The molecule has 0 saturated carbocycles. The SMILES string of the molecule is CC(C)c1nnc(SCC(=O)NCCc2cccc(Cl)c2)o1. The highest BCUT2D eigenvalue weighted by Crippen LogP contribution is 2.19. The monoisotopic (exact) mass is 339 g/mol. The van der Waals surface area contributed by atoms with Crippen molar-refractivity contribution >= 4 is 29.3 Å². The van der Waals surface area contributed by atoms with Gasteiger partial charge in [-0.2, -0.15) is 0 Å². The number of rotatable bonds is 7. The summed E-state index contributed by atoms with van der Waals surface area (Å²) in [6.45, 7) is 4.52. The Morgan fingerprint density at radius 2 is 2.23 bits per heavy atom. The third-order valence-electron chi connectivity index (χ3n) is 2.87. The Labute approximate surface area is 138 Å². The van der Waals surface area contributed by atoms with E-state index in [0.717, 1.165) is 12.0 Å². The number of nitrogens with one attached hydrogen (secondary N) is 1. The smallest absolute Gasteiger partial charge is 0.277 e. The molecule has 22 heavy (non-hydrogen) atoms. The Bertz CT molecular complexity index is 631. The van der Waals surface area contributed by atoms with Crippen molar-refractivity contribution in [2.45, 2.75) is 31.4 Å². The van der Waals surface area contributed by atoms with Crippen LogP contribution in [-0.4, -0.2) is 28.4 Å². The van der Waals surface area contributed by atoms with Gasteiger partial charge in [0.05, 0.1) is 5.75 Å². The summed E-state index contributed by atoms with van der Waals surface area (Å²) in [7, 11) is 0. The number of nitrogens with zero attached hydrogens (tertiary/aromatic N) is 2. The van der Waals surface area contributed by atoms with Crippen molar-refractivity contribution in [3.63, 3.8) is 0 Å². The molecule has 0 radical (unpaired) electrons. The largest absolute Gasteiger partial charge is 0.416 e. The van der Waals surface area contributed by atoms with Crippen molar-refractivity contribution in [2.75, 3.05) is 12.3 Å². The standard InChI is InChI=1S/C15H18ClN3O2S/c1-10(2)14-18-19-15(21-14)22-9-13(20)17-7-6-11-4-3-5-12(16)8-11/h3-5,8,10H,6-7,9H2,1-2H3,(H,17,20). The van der Waals surface area contributed by atoms with E-state index < -0.39 is 0 Å². The van der Waals surface area contributed by atoms with Crippen molar-refractivity contribution in [3.8, 4) is 0 Å². The lowest BCUT2D eigenvalue weighted by Crippen LogP contribution is -2.27. The number of benzene rings is 1. The minimum Gasteiger partial charge on any atom is -0.416 e. The maximum Gasteiger partial charge on any atom is 0.277 e. The van der Waals surface area contributed by atoms with Gasteiger partial charge >= 0.3 is 0 Å². The van der Waals surface area contributed by atoms with Crippen molar-refractivity contribution in [3.05, 3.63) is 40.7 Å². The molecule has 7 heteroatoms. The van der Waals surface area contributed by atoms with Crippen LogP contribution in [0, 0.1) is 0 Å². The van der Waals surface area contributed by atoms with Crippen LogP contribution in [-0.2, 0) is 11.2 Å². The topological polar surface area (TPSA) is 68.0 Å². The molecular weight excluding hydrogens is 322 g/mol. The molecule has 0 fully saturated rings. The van der Waals surface area contributed by atoms with Crippen LogP contribution in [0.15, 0.2) is 33.9 Å². The van der Waals surface area contributed by atoms with E-state index in [1.165, 1.54) is 11.8 Å². The molecule has 1 amide bonds. The molecule has 1 heterocycles. The van der Waals surface area contributed by atoms with Crippen LogP contribution in [0.4, 0.5) is 0 Å². The zero-order valence-corrected chi connectivity index (χ0v) is 14.1. The van der Waals surface area contributed by atoms with Gasteiger partial charge in [-0.25, -0.2) is 0 Å². The van der Waals surface area contributed by atoms with Gasteiger partial charge in [0.25, 0.3) is 5.22 Å². The lowest BCUT2D eigenvalue weighted by Gasteiger charge is -2.04. The van der Waals surface area contributed by atoms with E-state index in [0.29, 0.717) is 22.7 Å². The Balaban J connectivity index is 1.69. The maximum absolute atomic E-state index is 11.8. The first-order valence-electron chi connectivity index (χ1n) is 7.02. The minimum atomic E-state index is -0.0590. The minimum absolute atomic E-state index is 0.0590. The number of hydrogen-bond acceptors (Lipinski definition) is 5. The van der Waals surface area contributed by atoms with Crippen LogP contribution in [0.25, 0.3) is 0 Å². The second-order valence-corrected chi connectivity index (χ2v) is 6.44. The highest BCUT2D eigenvalue weighted by molar-refractivity contribution is 7.99. The fourth-order valence-corrected chi connectivity index (χ4v) is 2.54. The molecule has 118 valence electrons. The summed E-state index contributed by atoms with van der Waals surface area (Å²) in [6.07, 6.45) is 0.745. The molecule has 0 atom stereocenters. The number of halogens is 1. The maximum atomic E-state index is 11.8. The first-order chi connectivity index (χ1) is 10.5. The molecule has 2 rings (SSSR count). The first kappa shape index (κ1) is 16.8. The predicted octanol–water partition coefficient (Wildman–Crippen LogP) is 3.30. The summed E-state index contributed by atoms with van der Waals surface area (Å²) >= 11 is 7.16.